The molecule has 0 atom stereocenters. The fraction of sp³-hybridized carbons (Fsp3) is 0.364. The first-order valence-corrected chi connectivity index (χ1v) is 10.1. The van der Waals surface area contributed by atoms with Gasteiger partial charge in [-0.05, 0) is 48.5 Å². The predicted octanol–water partition coefficient (Wildman–Crippen LogP) is 2.18. The van der Waals surface area contributed by atoms with E-state index in [9.17, 15) is 18.4 Å². The van der Waals surface area contributed by atoms with E-state index >= 15 is 0 Å². The second-order valence-corrected chi connectivity index (χ2v) is 7.27. The summed E-state index contributed by atoms with van der Waals surface area (Å²) in [6.07, 6.45) is 0. The van der Waals surface area contributed by atoms with Gasteiger partial charge in [0.1, 0.15) is 11.6 Å². The zero-order chi connectivity index (χ0) is 22.1. The van der Waals surface area contributed by atoms with Crippen molar-refractivity contribution in [2.45, 2.75) is 0 Å². The highest BCUT2D eigenvalue weighted by Gasteiger charge is 2.18. The summed E-state index contributed by atoms with van der Waals surface area (Å²) in [6, 6.07) is 11.0. The Morgan fingerprint density at radius 1 is 0.839 bits per heavy atom. The predicted molar refractivity (Wildman–Crippen MR) is 114 cm³/mol. The van der Waals surface area contributed by atoms with Crippen LogP contribution in [0.2, 0.25) is 0 Å². The van der Waals surface area contributed by atoms with E-state index < -0.39 is 0 Å². The van der Waals surface area contributed by atoms with E-state index in [1.165, 1.54) is 48.5 Å². The molecule has 1 aliphatic heterocycles. The maximum atomic E-state index is 13.1. The number of anilines is 2. The number of hydrogen-bond donors (Lipinski definition) is 2. The molecule has 1 heterocycles. The molecule has 2 aromatic rings. The standard InChI is InChI=1S/C22H26F2N4O3/c23-17-1-5-19(6-2-17)25-21(29)15-28(10-9-27-11-13-31-14-12-27)16-22(30)26-20-7-3-18(24)4-8-20/h1-8H,9-16H2,(H,25,29)(H,26,30). The second-order valence-electron chi connectivity index (χ2n) is 7.27. The van der Waals surface area contributed by atoms with Crippen molar-refractivity contribution in [1.29, 1.82) is 0 Å². The quantitative estimate of drug-likeness (QED) is 0.636. The molecule has 2 aromatic carbocycles. The molecule has 0 saturated carbocycles. The van der Waals surface area contributed by atoms with E-state index in [2.05, 4.69) is 15.5 Å². The molecule has 0 radical (unpaired) electrons. The first-order valence-electron chi connectivity index (χ1n) is 10.1. The number of hydrogen-bond acceptors (Lipinski definition) is 5. The smallest absolute Gasteiger partial charge is 0.238 e. The molecule has 3 rings (SSSR count). The fourth-order valence-electron chi connectivity index (χ4n) is 3.20. The lowest BCUT2D eigenvalue weighted by molar-refractivity contribution is -0.120. The lowest BCUT2D eigenvalue weighted by atomic mass is 10.3. The number of amides is 2. The van der Waals surface area contributed by atoms with Gasteiger partial charge in [0.05, 0.1) is 26.3 Å². The van der Waals surface area contributed by atoms with Crippen LogP contribution in [0.25, 0.3) is 0 Å². The molecule has 0 aromatic heterocycles. The van der Waals surface area contributed by atoms with E-state index in [0.717, 1.165) is 13.1 Å². The topological polar surface area (TPSA) is 73.9 Å². The Kier molecular flexibility index (Phi) is 8.45. The molecule has 2 N–H and O–H groups in total. The summed E-state index contributed by atoms with van der Waals surface area (Å²) in [5, 5.41) is 5.42. The van der Waals surface area contributed by atoms with E-state index in [4.69, 9.17) is 4.74 Å². The summed E-state index contributed by atoms with van der Waals surface area (Å²) < 4.78 is 31.5. The van der Waals surface area contributed by atoms with Crippen LogP contribution in [0.4, 0.5) is 20.2 Å². The molecule has 166 valence electrons. The highest BCUT2D eigenvalue weighted by atomic mass is 19.1. The van der Waals surface area contributed by atoms with E-state index in [1.807, 2.05) is 0 Å². The number of rotatable bonds is 9. The third-order valence-electron chi connectivity index (χ3n) is 4.83. The van der Waals surface area contributed by atoms with Gasteiger partial charge >= 0.3 is 0 Å². The normalized spacial score (nSPS) is 14.4. The average molecular weight is 432 g/mol. The summed E-state index contributed by atoms with van der Waals surface area (Å²) in [7, 11) is 0. The van der Waals surface area contributed by atoms with Crippen molar-refractivity contribution in [3.8, 4) is 0 Å². The Labute approximate surface area is 180 Å². The highest BCUT2D eigenvalue weighted by molar-refractivity contribution is 5.94. The molecule has 2 amide bonds. The number of carbonyl (C=O) groups is 2. The summed E-state index contributed by atoms with van der Waals surface area (Å²) in [5.41, 5.74) is 0.964. The first-order chi connectivity index (χ1) is 15.0. The van der Waals surface area contributed by atoms with Crippen LogP contribution in [-0.4, -0.2) is 74.1 Å². The number of halogens is 2. The number of carbonyl (C=O) groups excluding carboxylic acids is 2. The largest absolute Gasteiger partial charge is 0.379 e. The Bertz CT molecular complexity index is 795. The maximum absolute atomic E-state index is 13.1. The van der Waals surface area contributed by atoms with Crippen LogP contribution < -0.4 is 10.6 Å². The Morgan fingerprint density at radius 3 is 1.74 bits per heavy atom. The molecule has 0 unspecified atom stereocenters. The van der Waals surface area contributed by atoms with E-state index in [-0.39, 0.29) is 36.5 Å². The van der Waals surface area contributed by atoms with Gasteiger partial charge in [0, 0.05) is 37.6 Å². The lowest BCUT2D eigenvalue weighted by Gasteiger charge is -2.29. The van der Waals surface area contributed by atoms with Crippen molar-refractivity contribution in [2.24, 2.45) is 0 Å². The fourth-order valence-corrected chi connectivity index (χ4v) is 3.20. The van der Waals surface area contributed by atoms with E-state index in [1.54, 1.807) is 4.90 Å². The van der Waals surface area contributed by atoms with Crippen molar-refractivity contribution in [3.63, 3.8) is 0 Å². The molecule has 0 spiro atoms. The van der Waals surface area contributed by atoms with Gasteiger partial charge in [-0.25, -0.2) is 8.78 Å². The number of nitrogens with zero attached hydrogens (tertiary/aromatic N) is 2. The molecule has 9 heteroatoms. The van der Waals surface area contributed by atoms with Crippen LogP contribution in [0, 0.1) is 11.6 Å². The molecular formula is C22H26F2N4O3. The van der Waals surface area contributed by atoms with Crippen molar-refractivity contribution < 1.29 is 23.1 Å². The van der Waals surface area contributed by atoms with Gasteiger partial charge in [0.2, 0.25) is 11.8 Å². The highest BCUT2D eigenvalue weighted by Crippen LogP contribution is 2.10. The summed E-state index contributed by atoms with van der Waals surface area (Å²) >= 11 is 0. The number of benzene rings is 2. The number of ether oxygens (including phenoxy) is 1. The second kappa shape index (κ2) is 11.5. The Morgan fingerprint density at radius 2 is 1.29 bits per heavy atom. The van der Waals surface area contributed by atoms with Crippen LogP contribution >= 0.6 is 0 Å². The zero-order valence-corrected chi connectivity index (χ0v) is 17.2. The van der Waals surface area contributed by atoms with Crippen molar-refractivity contribution in [3.05, 3.63) is 60.2 Å². The van der Waals surface area contributed by atoms with Gasteiger partial charge in [-0.1, -0.05) is 0 Å². The third kappa shape index (κ3) is 8.05. The van der Waals surface area contributed by atoms with Crippen molar-refractivity contribution >= 4 is 23.2 Å². The minimum atomic E-state index is -0.386. The van der Waals surface area contributed by atoms with Gasteiger partial charge in [-0.2, -0.15) is 0 Å². The lowest BCUT2D eigenvalue weighted by Crippen LogP contribution is -2.45. The minimum absolute atomic E-state index is 0.00143. The summed E-state index contributed by atoms with van der Waals surface area (Å²) in [4.78, 5) is 28.9. The van der Waals surface area contributed by atoms with Gasteiger partial charge in [-0.3, -0.25) is 19.4 Å². The monoisotopic (exact) mass is 432 g/mol. The van der Waals surface area contributed by atoms with Gasteiger partial charge < -0.3 is 15.4 Å². The molecular weight excluding hydrogens is 406 g/mol. The first kappa shape index (κ1) is 22.8. The SMILES string of the molecule is O=C(CN(CCN1CCOCC1)CC(=O)Nc1ccc(F)cc1)Nc1ccc(F)cc1. The van der Waals surface area contributed by atoms with Gasteiger partial charge in [0.25, 0.3) is 0 Å². The third-order valence-corrected chi connectivity index (χ3v) is 4.83. The summed E-state index contributed by atoms with van der Waals surface area (Å²) in [6.45, 7) is 4.13. The maximum Gasteiger partial charge on any atom is 0.238 e. The number of morpholine rings is 1. The van der Waals surface area contributed by atoms with Crippen LogP contribution in [0.3, 0.4) is 0 Å². The zero-order valence-electron chi connectivity index (χ0n) is 17.2. The van der Waals surface area contributed by atoms with Crippen LogP contribution in [0.15, 0.2) is 48.5 Å². The Balaban J connectivity index is 1.57. The minimum Gasteiger partial charge on any atom is -0.379 e. The summed E-state index contributed by atoms with van der Waals surface area (Å²) in [5.74, 6) is -1.38. The van der Waals surface area contributed by atoms with Crippen molar-refractivity contribution in [1.82, 2.24) is 9.80 Å². The molecule has 1 aliphatic rings. The molecule has 0 aliphatic carbocycles. The van der Waals surface area contributed by atoms with Crippen LogP contribution in [0.1, 0.15) is 0 Å². The molecule has 1 fully saturated rings. The molecule has 31 heavy (non-hydrogen) atoms. The van der Waals surface area contributed by atoms with E-state index in [0.29, 0.717) is 37.7 Å². The van der Waals surface area contributed by atoms with Crippen molar-refractivity contribution in [2.75, 3.05) is 63.1 Å². The van der Waals surface area contributed by atoms with Gasteiger partial charge in [-0.15, -0.1) is 0 Å². The van der Waals surface area contributed by atoms with Gasteiger partial charge in [0.15, 0.2) is 0 Å². The molecule has 1 saturated heterocycles. The van der Waals surface area contributed by atoms with Crippen LogP contribution in [0.5, 0.6) is 0 Å². The molecule has 0 bridgehead atoms. The van der Waals surface area contributed by atoms with Crippen LogP contribution in [-0.2, 0) is 14.3 Å². The molecule has 7 nitrogen and oxygen atoms in total. The Hall–Kier alpha value is -2.88. The number of nitrogens with one attached hydrogen (secondary N) is 2. The average Bonchev–Trinajstić information content (AvgIpc) is 2.76.